The number of aliphatic hydroxyl groups excluding tert-OH is 1. The lowest BCUT2D eigenvalue weighted by Gasteiger charge is -2.20. The van der Waals surface area contributed by atoms with E-state index in [1.54, 1.807) is 0 Å². The van der Waals surface area contributed by atoms with Crippen molar-refractivity contribution < 1.29 is 9.63 Å². The Labute approximate surface area is 124 Å². The molecule has 5 nitrogen and oxygen atoms in total. The molecule has 2 aromatic rings. The number of benzene rings is 1. The van der Waals surface area contributed by atoms with Crippen LogP contribution in [0.2, 0.25) is 0 Å². The van der Waals surface area contributed by atoms with Gasteiger partial charge in [-0.05, 0) is 37.4 Å². The molecule has 1 aliphatic heterocycles. The normalized spacial score (nSPS) is 19.2. The molecule has 0 radical (unpaired) electrons. The van der Waals surface area contributed by atoms with Crippen LogP contribution >= 0.6 is 0 Å². The highest BCUT2D eigenvalue weighted by molar-refractivity contribution is 5.27. The predicted octanol–water partition coefficient (Wildman–Crippen LogP) is 1.93. The van der Waals surface area contributed by atoms with E-state index in [4.69, 9.17) is 4.52 Å². The highest BCUT2D eigenvalue weighted by Crippen LogP contribution is 2.19. The molecule has 1 aromatic carbocycles. The first-order chi connectivity index (χ1) is 10.3. The summed E-state index contributed by atoms with van der Waals surface area (Å²) in [5, 5.41) is 13.4. The standard InChI is InChI=1S/C16H21N3O2/c1-12-5-2-3-6-13(12)9-15-17-16(21-18-15)10-19-8-4-7-14(19)11-20/h2-3,5-6,14,20H,4,7-11H2,1H3. The van der Waals surface area contributed by atoms with Gasteiger partial charge in [0.1, 0.15) is 0 Å². The first-order valence-electron chi connectivity index (χ1n) is 7.47. The molecular formula is C16H21N3O2. The maximum Gasteiger partial charge on any atom is 0.240 e. The minimum absolute atomic E-state index is 0.199. The van der Waals surface area contributed by atoms with Crippen molar-refractivity contribution in [2.45, 2.75) is 38.8 Å². The van der Waals surface area contributed by atoms with Crippen LogP contribution in [0.15, 0.2) is 28.8 Å². The monoisotopic (exact) mass is 287 g/mol. The van der Waals surface area contributed by atoms with E-state index in [2.05, 4.69) is 34.1 Å². The lowest BCUT2D eigenvalue weighted by Crippen LogP contribution is -2.31. The fourth-order valence-corrected chi connectivity index (χ4v) is 2.89. The van der Waals surface area contributed by atoms with Gasteiger partial charge in [0.25, 0.3) is 0 Å². The Hall–Kier alpha value is -1.72. The molecule has 0 spiro atoms. The molecule has 1 fully saturated rings. The average molecular weight is 287 g/mol. The maximum absolute atomic E-state index is 9.34. The van der Waals surface area contributed by atoms with Crippen LogP contribution in [0.1, 0.15) is 35.7 Å². The van der Waals surface area contributed by atoms with Crippen LogP contribution in [0, 0.1) is 6.92 Å². The Kier molecular flexibility index (Phi) is 4.31. The van der Waals surface area contributed by atoms with Gasteiger partial charge in [-0.15, -0.1) is 0 Å². The molecular weight excluding hydrogens is 266 g/mol. The molecule has 0 aliphatic carbocycles. The van der Waals surface area contributed by atoms with Crippen molar-refractivity contribution in [3.05, 3.63) is 47.1 Å². The number of hydrogen-bond donors (Lipinski definition) is 1. The van der Waals surface area contributed by atoms with Crippen molar-refractivity contribution in [3.63, 3.8) is 0 Å². The van der Waals surface area contributed by atoms with E-state index in [9.17, 15) is 5.11 Å². The van der Waals surface area contributed by atoms with Gasteiger partial charge in [0.15, 0.2) is 5.82 Å². The molecule has 0 saturated carbocycles. The highest BCUT2D eigenvalue weighted by atomic mass is 16.5. The van der Waals surface area contributed by atoms with Gasteiger partial charge >= 0.3 is 0 Å². The van der Waals surface area contributed by atoms with E-state index in [-0.39, 0.29) is 12.6 Å². The second-order valence-electron chi connectivity index (χ2n) is 5.66. The summed E-state index contributed by atoms with van der Waals surface area (Å²) in [6, 6.07) is 8.47. The quantitative estimate of drug-likeness (QED) is 0.910. The molecule has 112 valence electrons. The molecule has 21 heavy (non-hydrogen) atoms. The number of hydrogen-bond acceptors (Lipinski definition) is 5. The van der Waals surface area contributed by atoms with Gasteiger partial charge in [-0.2, -0.15) is 4.98 Å². The average Bonchev–Trinajstić information content (AvgIpc) is 3.11. The van der Waals surface area contributed by atoms with Crippen molar-refractivity contribution in [2.24, 2.45) is 0 Å². The van der Waals surface area contributed by atoms with Crippen molar-refractivity contribution in [1.82, 2.24) is 15.0 Å². The van der Waals surface area contributed by atoms with Crippen LogP contribution in [0.25, 0.3) is 0 Å². The zero-order chi connectivity index (χ0) is 14.7. The Morgan fingerprint density at radius 3 is 3.05 bits per heavy atom. The fraction of sp³-hybridized carbons (Fsp3) is 0.500. The van der Waals surface area contributed by atoms with Gasteiger partial charge in [-0.3, -0.25) is 4.90 Å². The largest absolute Gasteiger partial charge is 0.395 e. The van der Waals surface area contributed by atoms with Gasteiger partial charge in [0, 0.05) is 12.5 Å². The molecule has 3 rings (SSSR count). The summed E-state index contributed by atoms with van der Waals surface area (Å²) in [7, 11) is 0. The van der Waals surface area contributed by atoms with Crippen LogP contribution in [-0.4, -0.2) is 39.3 Å². The van der Waals surface area contributed by atoms with E-state index in [1.165, 1.54) is 11.1 Å². The van der Waals surface area contributed by atoms with Crippen molar-refractivity contribution in [1.29, 1.82) is 0 Å². The second kappa shape index (κ2) is 6.37. The molecule has 5 heteroatoms. The third kappa shape index (κ3) is 3.31. The summed E-state index contributed by atoms with van der Waals surface area (Å²) in [4.78, 5) is 6.69. The smallest absolute Gasteiger partial charge is 0.240 e. The van der Waals surface area contributed by atoms with E-state index in [0.29, 0.717) is 18.9 Å². The molecule has 0 amide bonds. The Morgan fingerprint density at radius 1 is 1.38 bits per heavy atom. The molecule has 1 saturated heterocycles. The summed E-state index contributed by atoms with van der Waals surface area (Å²) in [6.45, 7) is 3.91. The molecule has 1 atom stereocenters. The van der Waals surface area contributed by atoms with Crippen LogP contribution in [0.3, 0.4) is 0 Å². The third-order valence-corrected chi connectivity index (χ3v) is 4.17. The number of aromatic nitrogens is 2. The number of aliphatic hydroxyl groups is 1. The van der Waals surface area contributed by atoms with Crippen molar-refractivity contribution in [2.75, 3.05) is 13.2 Å². The van der Waals surface area contributed by atoms with E-state index >= 15 is 0 Å². The summed E-state index contributed by atoms with van der Waals surface area (Å²) in [5.41, 5.74) is 2.46. The molecule has 1 aromatic heterocycles. The SMILES string of the molecule is Cc1ccccc1Cc1noc(CN2CCCC2CO)n1. The Morgan fingerprint density at radius 2 is 2.24 bits per heavy atom. The minimum Gasteiger partial charge on any atom is -0.395 e. The Balaban J connectivity index is 1.65. The third-order valence-electron chi connectivity index (χ3n) is 4.17. The van der Waals surface area contributed by atoms with Crippen LogP contribution < -0.4 is 0 Å². The fourth-order valence-electron chi connectivity index (χ4n) is 2.89. The van der Waals surface area contributed by atoms with Crippen molar-refractivity contribution in [3.8, 4) is 0 Å². The van der Waals surface area contributed by atoms with Crippen LogP contribution in [-0.2, 0) is 13.0 Å². The topological polar surface area (TPSA) is 62.4 Å². The zero-order valence-electron chi connectivity index (χ0n) is 12.3. The first kappa shape index (κ1) is 14.2. The summed E-state index contributed by atoms with van der Waals surface area (Å²) in [6.07, 6.45) is 2.86. The number of aryl methyl sites for hydroxylation is 1. The molecule has 1 unspecified atom stereocenters. The lowest BCUT2D eigenvalue weighted by molar-refractivity contribution is 0.141. The van der Waals surface area contributed by atoms with Crippen LogP contribution in [0.5, 0.6) is 0 Å². The van der Waals surface area contributed by atoms with Gasteiger partial charge in [-0.1, -0.05) is 29.4 Å². The predicted molar refractivity (Wildman–Crippen MR) is 78.8 cm³/mol. The first-order valence-corrected chi connectivity index (χ1v) is 7.47. The van der Waals surface area contributed by atoms with E-state index < -0.39 is 0 Å². The maximum atomic E-state index is 9.34. The van der Waals surface area contributed by atoms with E-state index in [1.807, 2.05) is 12.1 Å². The van der Waals surface area contributed by atoms with Gasteiger partial charge in [0.2, 0.25) is 5.89 Å². The lowest BCUT2D eigenvalue weighted by atomic mass is 10.1. The van der Waals surface area contributed by atoms with Gasteiger partial charge in [-0.25, -0.2) is 0 Å². The second-order valence-corrected chi connectivity index (χ2v) is 5.66. The van der Waals surface area contributed by atoms with E-state index in [0.717, 1.165) is 25.2 Å². The van der Waals surface area contributed by atoms with Crippen LogP contribution in [0.4, 0.5) is 0 Å². The van der Waals surface area contributed by atoms with Gasteiger partial charge in [0.05, 0.1) is 13.2 Å². The summed E-state index contributed by atoms with van der Waals surface area (Å²) < 4.78 is 5.35. The Bertz CT molecular complexity index is 597. The molecule has 1 aliphatic rings. The summed E-state index contributed by atoms with van der Waals surface area (Å²) >= 11 is 0. The number of likely N-dealkylation sites (tertiary alicyclic amines) is 1. The molecule has 2 heterocycles. The highest BCUT2D eigenvalue weighted by Gasteiger charge is 2.25. The summed E-state index contributed by atoms with van der Waals surface area (Å²) in [5.74, 6) is 1.36. The molecule has 1 N–H and O–H groups in total. The minimum atomic E-state index is 0.199. The zero-order valence-corrected chi connectivity index (χ0v) is 12.3. The number of nitrogens with zero attached hydrogens (tertiary/aromatic N) is 3. The van der Waals surface area contributed by atoms with Gasteiger partial charge < -0.3 is 9.63 Å². The number of rotatable bonds is 5. The molecule has 0 bridgehead atoms. The van der Waals surface area contributed by atoms with Crippen molar-refractivity contribution >= 4 is 0 Å².